The molecule has 2 atom stereocenters. The van der Waals surface area contributed by atoms with Crippen molar-refractivity contribution >= 4 is 28.8 Å². The summed E-state index contributed by atoms with van der Waals surface area (Å²) < 4.78 is 0.787. The highest BCUT2D eigenvalue weighted by Crippen LogP contribution is 2.23. The highest BCUT2D eigenvalue weighted by atomic mass is 35.5. The summed E-state index contributed by atoms with van der Waals surface area (Å²) in [6.07, 6.45) is 3.18. The number of piperidine rings is 1. The van der Waals surface area contributed by atoms with Gasteiger partial charge in [-0.1, -0.05) is 11.6 Å². The molecular weight excluding hydrogens is 268 g/mol. The molecule has 0 spiro atoms. The molecule has 3 nitrogen and oxygen atoms in total. The fourth-order valence-corrected chi connectivity index (χ4v) is 3.53. The average molecular weight is 287 g/mol. The Morgan fingerprint density at radius 2 is 2.39 bits per heavy atom. The van der Waals surface area contributed by atoms with E-state index in [4.69, 9.17) is 17.3 Å². The van der Waals surface area contributed by atoms with E-state index in [-0.39, 0.29) is 18.0 Å². The van der Waals surface area contributed by atoms with Crippen molar-refractivity contribution in [2.45, 2.75) is 44.7 Å². The fraction of sp³-hybridized carbons (Fsp3) is 0.615. The van der Waals surface area contributed by atoms with Crippen molar-refractivity contribution in [3.05, 3.63) is 21.3 Å². The van der Waals surface area contributed by atoms with E-state index in [1.54, 1.807) is 11.3 Å². The zero-order valence-electron chi connectivity index (χ0n) is 10.6. The highest BCUT2D eigenvalue weighted by molar-refractivity contribution is 7.16. The smallest absolute Gasteiger partial charge is 0.223 e. The second kappa shape index (κ2) is 6.04. The van der Waals surface area contributed by atoms with Gasteiger partial charge in [0.25, 0.3) is 0 Å². The molecule has 5 heteroatoms. The minimum atomic E-state index is 0.235. The van der Waals surface area contributed by atoms with Gasteiger partial charge < -0.3 is 10.6 Å². The third kappa shape index (κ3) is 3.46. The lowest BCUT2D eigenvalue weighted by Gasteiger charge is -2.36. The summed E-state index contributed by atoms with van der Waals surface area (Å²) in [6.45, 7) is 2.88. The van der Waals surface area contributed by atoms with Crippen LogP contribution < -0.4 is 5.73 Å². The first-order valence-electron chi connectivity index (χ1n) is 6.35. The Morgan fingerprint density at radius 3 is 3.00 bits per heavy atom. The topological polar surface area (TPSA) is 46.3 Å². The van der Waals surface area contributed by atoms with E-state index in [9.17, 15) is 4.79 Å². The zero-order chi connectivity index (χ0) is 13.1. The van der Waals surface area contributed by atoms with Crippen LogP contribution in [0.25, 0.3) is 0 Å². The summed E-state index contributed by atoms with van der Waals surface area (Å²) in [4.78, 5) is 15.3. The summed E-state index contributed by atoms with van der Waals surface area (Å²) in [5, 5.41) is 0. The Kier molecular flexibility index (Phi) is 4.65. The van der Waals surface area contributed by atoms with Crippen molar-refractivity contribution in [1.29, 1.82) is 0 Å². The summed E-state index contributed by atoms with van der Waals surface area (Å²) in [5.41, 5.74) is 5.90. The lowest BCUT2D eigenvalue weighted by molar-refractivity contribution is -0.134. The van der Waals surface area contributed by atoms with Crippen LogP contribution in [0.3, 0.4) is 0 Å². The molecule has 18 heavy (non-hydrogen) atoms. The van der Waals surface area contributed by atoms with Crippen LogP contribution >= 0.6 is 22.9 Å². The van der Waals surface area contributed by atoms with E-state index < -0.39 is 0 Å². The van der Waals surface area contributed by atoms with Gasteiger partial charge in [-0.2, -0.15) is 0 Å². The van der Waals surface area contributed by atoms with Gasteiger partial charge >= 0.3 is 0 Å². The molecule has 2 rings (SSSR count). The molecule has 1 amide bonds. The van der Waals surface area contributed by atoms with Gasteiger partial charge in [0.05, 0.1) is 4.34 Å². The van der Waals surface area contributed by atoms with Gasteiger partial charge in [0, 0.05) is 29.9 Å². The predicted molar refractivity (Wildman–Crippen MR) is 76.0 cm³/mol. The number of aryl methyl sites for hydroxylation is 1. The minimum absolute atomic E-state index is 0.235. The van der Waals surface area contributed by atoms with Gasteiger partial charge in [-0.3, -0.25) is 4.79 Å². The van der Waals surface area contributed by atoms with Crippen molar-refractivity contribution < 1.29 is 4.79 Å². The van der Waals surface area contributed by atoms with Crippen LogP contribution in [-0.4, -0.2) is 29.4 Å². The van der Waals surface area contributed by atoms with Gasteiger partial charge in [0.15, 0.2) is 0 Å². The Hall–Kier alpha value is -0.580. The van der Waals surface area contributed by atoms with E-state index in [1.165, 1.54) is 4.88 Å². The number of halogens is 1. The van der Waals surface area contributed by atoms with Crippen LogP contribution in [0, 0.1) is 0 Å². The van der Waals surface area contributed by atoms with Gasteiger partial charge in [0.2, 0.25) is 5.91 Å². The van der Waals surface area contributed by atoms with Crippen LogP contribution in [0.4, 0.5) is 0 Å². The number of likely N-dealkylation sites (tertiary alicyclic amines) is 1. The molecule has 1 saturated heterocycles. The van der Waals surface area contributed by atoms with Gasteiger partial charge in [-0.05, 0) is 38.3 Å². The van der Waals surface area contributed by atoms with Crippen LogP contribution in [0.1, 0.15) is 31.1 Å². The lowest BCUT2D eigenvalue weighted by atomic mass is 9.98. The van der Waals surface area contributed by atoms with Crippen LogP contribution in [0.5, 0.6) is 0 Å². The van der Waals surface area contributed by atoms with Crippen molar-refractivity contribution in [3.8, 4) is 0 Å². The third-order valence-corrected chi connectivity index (χ3v) is 4.74. The number of thiophene rings is 1. The van der Waals surface area contributed by atoms with Crippen LogP contribution in [-0.2, 0) is 11.2 Å². The lowest BCUT2D eigenvalue weighted by Crippen LogP contribution is -2.48. The number of carbonyl (C=O) groups is 1. The molecule has 0 aromatic carbocycles. The molecule has 1 aliphatic heterocycles. The third-order valence-electron chi connectivity index (χ3n) is 3.45. The maximum absolute atomic E-state index is 12.2. The highest BCUT2D eigenvalue weighted by Gasteiger charge is 2.26. The standard InChI is InChI=1S/C13H19ClN2OS/c1-9-8-10(15)6-7-16(9)13(17)5-3-11-2-4-12(14)18-11/h2,4,9-10H,3,5-8,15H2,1H3/t9-,10-/m0/s1. The van der Waals surface area contributed by atoms with Crippen molar-refractivity contribution in [1.82, 2.24) is 4.90 Å². The molecule has 1 aliphatic rings. The fourth-order valence-electron chi connectivity index (χ4n) is 2.44. The Labute approximate surface area is 117 Å². The maximum Gasteiger partial charge on any atom is 0.223 e. The molecule has 1 fully saturated rings. The monoisotopic (exact) mass is 286 g/mol. The molecule has 0 bridgehead atoms. The van der Waals surface area contributed by atoms with Crippen molar-refractivity contribution in [2.75, 3.05) is 6.54 Å². The van der Waals surface area contributed by atoms with E-state index in [0.29, 0.717) is 6.42 Å². The van der Waals surface area contributed by atoms with E-state index in [0.717, 1.165) is 30.1 Å². The maximum atomic E-state index is 12.2. The van der Waals surface area contributed by atoms with Crippen LogP contribution in [0.2, 0.25) is 4.34 Å². The second-order valence-electron chi connectivity index (χ2n) is 4.93. The van der Waals surface area contributed by atoms with Gasteiger partial charge in [-0.25, -0.2) is 0 Å². The van der Waals surface area contributed by atoms with Crippen LogP contribution in [0.15, 0.2) is 12.1 Å². The van der Waals surface area contributed by atoms with E-state index in [1.807, 2.05) is 17.0 Å². The molecule has 0 saturated carbocycles. The minimum Gasteiger partial charge on any atom is -0.340 e. The number of hydrogen-bond donors (Lipinski definition) is 1. The number of carbonyl (C=O) groups excluding carboxylic acids is 1. The molecule has 2 N–H and O–H groups in total. The average Bonchev–Trinajstić information content (AvgIpc) is 2.72. The Bertz CT molecular complexity index is 421. The molecule has 1 aromatic heterocycles. The number of nitrogens with zero attached hydrogens (tertiary/aromatic N) is 1. The van der Waals surface area contributed by atoms with Gasteiger partial charge in [0.1, 0.15) is 0 Å². The first kappa shape index (κ1) is 13.8. The predicted octanol–water partition coefficient (Wildman–Crippen LogP) is 2.67. The summed E-state index contributed by atoms with van der Waals surface area (Å²) in [7, 11) is 0. The molecule has 0 unspecified atom stereocenters. The Balaban J connectivity index is 1.84. The summed E-state index contributed by atoms with van der Waals surface area (Å²) >= 11 is 7.43. The Morgan fingerprint density at radius 1 is 1.61 bits per heavy atom. The molecule has 1 aromatic rings. The molecule has 0 aliphatic carbocycles. The largest absolute Gasteiger partial charge is 0.340 e. The second-order valence-corrected chi connectivity index (χ2v) is 6.73. The van der Waals surface area contributed by atoms with Crippen molar-refractivity contribution in [2.24, 2.45) is 5.73 Å². The molecule has 100 valence electrons. The molecular formula is C13H19ClN2OS. The first-order chi connectivity index (χ1) is 8.56. The number of amides is 1. The number of rotatable bonds is 3. The molecule has 0 radical (unpaired) electrons. The van der Waals surface area contributed by atoms with E-state index in [2.05, 4.69) is 6.92 Å². The SMILES string of the molecule is C[C@H]1C[C@@H](N)CCN1C(=O)CCc1ccc(Cl)s1. The summed E-state index contributed by atoms with van der Waals surface area (Å²) in [5.74, 6) is 0.235. The van der Waals surface area contributed by atoms with Gasteiger partial charge in [-0.15, -0.1) is 11.3 Å². The van der Waals surface area contributed by atoms with Crippen molar-refractivity contribution in [3.63, 3.8) is 0 Å². The number of nitrogens with two attached hydrogens (primary N) is 1. The summed E-state index contributed by atoms with van der Waals surface area (Å²) in [6, 6.07) is 4.40. The van der Waals surface area contributed by atoms with E-state index >= 15 is 0 Å². The normalized spacial score (nSPS) is 24.3. The quantitative estimate of drug-likeness (QED) is 0.928. The first-order valence-corrected chi connectivity index (χ1v) is 7.55. The molecule has 2 heterocycles. The number of hydrogen-bond acceptors (Lipinski definition) is 3. The zero-order valence-corrected chi connectivity index (χ0v) is 12.1.